The van der Waals surface area contributed by atoms with E-state index >= 15 is 0 Å². The molecular formula is C18H17N5O3S2. The average molecular weight is 416 g/mol. The number of allylic oxidation sites excluding steroid dienone is 1. The Morgan fingerprint density at radius 2 is 2.21 bits per heavy atom. The van der Waals surface area contributed by atoms with E-state index < -0.39 is 4.92 Å². The molecule has 0 spiro atoms. The van der Waals surface area contributed by atoms with Crippen LogP contribution < -0.4 is 5.32 Å². The van der Waals surface area contributed by atoms with Crippen molar-refractivity contribution in [2.75, 3.05) is 11.1 Å². The first-order chi connectivity index (χ1) is 13.6. The highest BCUT2D eigenvalue weighted by atomic mass is 32.2. The Morgan fingerprint density at radius 1 is 1.36 bits per heavy atom. The molecular weight excluding hydrogens is 398 g/mol. The fraction of sp³-hybridized carbons (Fsp3) is 0.167. The second-order valence-electron chi connectivity index (χ2n) is 5.70. The standard InChI is InChI=1S/C18H17N5O3S2/c1-2-8-22-16(11-15-7-4-9-27-15)20-21-18(22)28-12-17(24)19-13-5-3-6-14(10-13)23(25)26/h2-7,9-10H,1,8,11-12H2,(H,19,24). The van der Waals surface area contributed by atoms with Gasteiger partial charge in [0.2, 0.25) is 5.91 Å². The Balaban J connectivity index is 1.64. The third kappa shape index (κ3) is 5.05. The van der Waals surface area contributed by atoms with Crippen LogP contribution in [-0.2, 0) is 17.8 Å². The summed E-state index contributed by atoms with van der Waals surface area (Å²) >= 11 is 2.91. The second kappa shape index (κ2) is 9.29. The minimum Gasteiger partial charge on any atom is -0.325 e. The van der Waals surface area contributed by atoms with E-state index in [0.717, 1.165) is 5.82 Å². The largest absolute Gasteiger partial charge is 0.325 e. The fourth-order valence-electron chi connectivity index (χ4n) is 2.46. The van der Waals surface area contributed by atoms with Crippen LogP contribution in [-0.4, -0.2) is 31.3 Å². The molecule has 3 aromatic rings. The number of nitro groups is 1. The number of thiophene rings is 1. The summed E-state index contributed by atoms with van der Waals surface area (Å²) < 4.78 is 1.93. The number of hydrogen-bond acceptors (Lipinski definition) is 7. The number of non-ortho nitro benzene ring substituents is 1. The number of thioether (sulfide) groups is 1. The van der Waals surface area contributed by atoms with E-state index in [0.29, 0.717) is 23.8 Å². The zero-order chi connectivity index (χ0) is 19.9. The van der Waals surface area contributed by atoms with Crippen LogP contribution >= 0.6 is 23.1 Å². The summed E-state index contributed by atoms with van der Waals surface area (Å²) in [5, 5.41) is 24.6. The highest BCUT2D eigenvalue weighted by Crippen LogP contribution is 2.22. The van der Waals surface area contributed by atoms with Gasteiger partial charge in [-0.2, -0.15) is 0 Å². The van der Waals surface area contributed by atoms with Crippen molar-refractivity contribution in [3.8, 4) is 0 Å². The van der Waals surface area contributed by atoms with Gasteiger partial charge in [0.15, 0.2) is 5.16 Å². The van der Waals surface area contributed by atoms with E-state index in [1.807, 2.05) is 22.1 Å². The van der Waals surface area contributed by atoms with Crippen LogP contribution in [0.25, 0.3) is 0 Å². The normalized spacial score (nSPS) is 10.6. The van der Waals surface area contributed by atoms with E-state index in [1.165, 1.54) is 34.8 Å². The van der Waals surface area contributed by atoms with Crippen LogP contribution in [0, 0.1) is 10.1 Å². The van der Waals surface area contributed by atoms with Crippen molar-refractivity contribution < 1.29 is 9.72 Å². The van der Waals surface area contributed by atoms with Gasteiger partial charge in [-0.25, -0.2) is 0 Å². The number of hydrogen-bond donors (Lipinski definition) is 1. The number of aromatic nitrogens is 3. The lowest BCUT2D eigenvalue weighted by molar-refractivity contribution is -0.384. The maximum atomic E-state index is 12.2. The van der Waals surface area contributed by atoms with Crippen molar-refractivity contribution in [2.45, 2.75) is 18.1 Å². The Hall–Kier alpha value is -2.98. The van der Waals surface area contributed by atoms with Crippen molar-refractivity contribution in [3.05, 3.63) is 75.2 Å². The number of benzene rings is 1. The number of anilines is 1. The van der Waals surface area contributed by atoms with Crippen molar-refractivity contribution in [1.29, 1.82) is 0 Å². The molecule has 2 aromatic heterocycles. The van der Waals surface area contributed by atoms with E-state index in [1.54, 1.807) is 23.5 Å². The molecule has 0 atom stereocenters. The Kier molecular flexibility index (Phi) is 6.56. The van der Waals surface area contributed by atoms with Crippen molar-refractivity contribution in [2.24, 2.45) is 0 Å². The van der Waals surface area contributed by atoms with Gasteiger partial charge < -0.3 is 9.88 Å². The molecule has 0 aliphatic rings. The molecule has 144 valence electrons. The summed E-state index contributed by atoms with van der Waals surface area (Å²) in [6, 6.07) is 9.85. The summed E-state index contributed by atoms with van der Waals surface area (Å²) in [6.07, 6.45) is 2.42. The molecule has 1 amide bonds. The molecule has 0 saturated heterocycles. The number of carbonyl (C=O) groups excluding carboxylic acids is 1. The lowest BCUT2D eigenvalue weighted by atomic mass is 10.3. The van der Waals surface area contributed by atoms with E-state index in [4.69, 9.17) is 0 Å². The summed E-state index contributed by atoms with van der Waals surface area (Å²) in [5.41, 5.74) is 0.306. The maximum Gasteiger partial charge on any atom is 0.271 e. The van der Waals surface area contributed by atoms with Crippen LogP contribution in [0.3, 0.4) is 0 Å². The van der Waals surface area contributed by atoms with Gasteiger partial charge in [-0.1, -0.05) is 30.0 Å². The summed E-state index contributed by atoms with van der Waals surface area (Å²) in [5.74, 6) is 0.638. The molecule has 1 N–H and O–H groups in total. The molecule has 10 heteroatoms. The van der Waals surface area contributed by atoms with Gasteiger partial charge in [-0.05, 0) is 17.5 Å². The maximum absolute atomic E-state index is 12.2. The molecule has 0 saturated carbocycles. The van der Waals surface area contributed by atoms with Crippen molar-refractivity contribution >= 4 is 40.4 Å². The second-order valence-corrected chi connectivity index (χ2v) is 7.67. The molecule has 0 bridgehead atoms. The molecule has 0 aliphatic carbocycles. The van der Waals surface area contributed by atoms with Crippen LogP contribution in [0.4, 0.5) is 11.4 Å². The molecule has 28 heavy (non-hydrogen) atoms. The number of carbonyl (C=O) groups is 1. The zero-order valence-electron chi connectivity index (χ0n) is 14.8. The van der Waals surface area contributed by atoms with Gasteiger partial charge in [0, 0.05) is 35.7 Å². The number of rotatable bonds is 9. The first kappa shape index (κ1) is 19.8. The lowest BCUT2D eigenvalue weighted by Gasteiger charge is -2.08. The summed E-state index contributed by atoms with van der Waals surface area (Å²) in [4.78, 5) is 23.7. The summed E-state index contributed by atoms with van der Waals surface area (Å²) in [7, 11) is 0. The lowest BCUT2D eigenvalue weighted by Crippen LogP contribution is -2.15. The average Bonchev–Trinajstić information content (AvgIpc) is 3.32. The molecule has 1 aromatic carbocycles. The number of nitrogens with zero attached hydrogens (tertiary/aromatic N) is 4. The molecule has 8 nitrogen and oxygen atoms in total. The molecule has 3 rings (SSSR count). The molecule has 0 unspecified atom stereocenters. The number of nitrogens with one attached hydrogen (secondary N) is 1. The van der Waals surface area contributed by atoms with Gasteiger partial charge in [0.05, 0.1) is 10.7 Å². The van der Waals surface area contributed by atoms with E-state index in [2.05, 4.69) is 22.1 Å². The van der Waals surface area contributed by atoms with Gasteiger partial charge >= 0.3 is 0 Å². The number of amides is 1. The van der Waals surface area contributed by atoms with E-state index in [9.17, 15) is 14.9 Å². The topological polar surface area (TPSA) is 103 Å². The SMILES string of the molecule is C=CCn1c(Cc2cccs2)nnc1SCC(=O)Nc1cccc([N+](=O)[O-])c1. The Bertz CT molecular complexity index is 985. The highest BCUT2D eigenvalue weighted by molar-refractivity contribution is 7.99. The highest BCUT2D eigenvalue weighted by Gasteiger charge is 2.15. The quantitative estimate of drug-likeness (QED) is 0.247. The Morgan fingerprint density at radius 3 is 2.93 bits per heavy atom. The first-order valence-electron chi connectivity index (χ1n) is 8.29. The van der Waals surface area contributed by atoms with Crippen LogP contribution in [0.1, 0.15) is 10.7 Å². The predicted molar refractivity (Wildman–Crippen MR) is 110 cm³/mol. The van der Waals surface area contributed by atoms with Gasteiger partial charge in [-0.3, -0.25) is 14.9 Å². The molecule has 0 radical (unpaired) electrons. The smallest absolute Gasteiger partial charge is 0.271 e. The van der Waals surface area contributed by atoms with Gasteiger partial charge in [0.25, 0.3) is 5.69 Å². The first-order valence-corrected chi connectivity index (χ1v) is 10.2. The predicted octanol–water partition coefficient (Wildman–Crippen LogP) is 3.76. The van der Waals surface area contributed by atoms with Gasteiger partial charge in [0.1, 0.15) is 5.82 Å². The van der Waals surface area contributed by atoms with Crippen LogP contribution in [0.5, 0.6) is 0 Å². The van der Waals surface area contributed by atoms with Crippen molar-refractivity contribution in [3.63, 3.8) is 0 Å². The minimum atomic E-state index is -0.503. The molecule has 2 heterocycles. The molecule has 0 aliphatic heterocycles. The zero-order valence-corrected chi connectivity index (χ0v) is 16.4. The number of nitro benzene ring substituents is 1. The monoisotopic (exact) mass is 415 g/mol. The van der Waals surface area contributed by atoms with Crippen LogP contribution in [0.2, 0.25) is 0 Å². The summed E-state index contributed by atoms with van der Waals surface area (Å²) in [6.45, 7) is 4.32. The van der Waals surface area contributed by atoms with Gasteiger partial charge in [-0.15, -0.1) is 28.1 Å². The third-order valence-electron chi connectivity index (χ3n) is 3.69. The Labute approximate surface area is 169 Å². The van der Waals surface area contributed by atoms with E-state index in [-0.39, 0.29) is 17.3 Å². The fourth-order valence-corrected chi connectivity index (χ4v) is 3.93. The van der Waals surface area contributed by atoms with Crippen molar-refractivity contribution in [1.82, 2.24) is 14.8 Å². The third-order valence-corrected chi connectivity index (χ3v) is 5.53. The minimum absolute atomic E-state index is 0.0746. The molecule has 0 fully saturated rings. The van der Waals surface area contributed by atoms with Crippen LogP contribution in [0.15, 0.2) is 59.6 Å².